The van der Waals surface area contributed by atoms with Crippen molar-refractivity contribution in [2.45, 2.75) is 26.2 Å². The minimum absolute atomic E-state index is 0.0688. The first-order chi connectivity index (χ1) is 9.04. The topological polar surface area (TPSA) is 43.1 Å². The molecule has 0 saturated heterocycles. The maximum atomic E-state index is 4.51. The highest BCUT2D eigenvalue weighted by Gasteiger charge is 2.20. The Hall–Kier alpha value is -2.23. The first-order valence-corrected chi connectivity index (χ1v) is 6.32. The van der Waals surface area contributed by atoms with Gasteiger partial charge in [0, 0.05) is 23.4 Å². The van der Waals surface area contributed by atoms with Crippen molar-refractivity contribution in [1.82, 2.24) is 19.6 Å². The summed E-state index contributed by atoms with van der Waals surface area (Å²) in [5.74, 6) is 1.45. The van der Waals surface area contributed by atoms with Gasteiger partial charge in [-0.2, -0.15) is 4.98 Å². The van der Waals surface area contributed by atoms with E-state index in [0.29, 0.717) is 5.78 Å². The van der Waals surface area contributed by atoms with Gasteiger partial charge in [0.1, 0.15) is 0 Å². The lowest BCUT2D eigenvalue weighted by atomic mass is 9.96. The van der Waals surface area contributed by atoms with Crippen LogP contribution in [-0.4, -0.2) is 19.6 Å². The summed E-state index contributed by atoms with van der Waals surface area (Å²) in [6, 6.07) is 10.2. The molecule has 2 heterocycles. The summed E-state index contributed by atoms with van der Waals surface area (Å²) in [4.78, 5) is 8.84. The summed E-state index contributed by atoms with van der Waals surface area (Å²) in [7, 11) is 0. The third-order valence-electron chi connectivity index (χ3n) is 2.97. The van der Waals surface area contributed by atoms with Gasteiger partial charge in [-0.1, -0.05) is 51.1 Å². The summed E-state index contributed by atoms with van der Waals surface area (Å²) in [6.07, 6.45) is 3.81. The van der Waals surface area contributed by atoms with Crippen LogP contribution in [0.1, 0.15) is 26.6 Å². The largest absolute Gasteiger partial charge is 0.252 e. The Morgan fingerprint density at radius 3 is 2.42 bits per heavy atom. The van der Waals surface area contributed by atoms with Gasteiger partial charge in [-0.05, 0) is 5.56 Å². The number of fused-ring (bicyclic) bond motifs is 1. The molecule has 19 heavy (non-hydrogen) atoms. The molecule has 0 saturated carbocycles. The van der Waals surface area contributed by atoms with Crippen LogP contribution >= 0.6 is 0 Å². The molecule has 4 nitrogen and oxygen atoms in total. The molecule has 96 valence electrons. The quantitative estimate of drug-likeness (QED) is 0.668. The highest BCUT2D eigenvalue weighted by Crippen LogP contribution is 2.21. The third kappa shape index (κ3) is 2.21. The van der Waals surface area contributed by atoms with Crippen LogP contribution in [0, 0.1) is 0 Å². The number of hydrogen-bond acceptors (Lipinski definition) is 3. The standard InChI is InChI=1S/C15H16N4/c1-15(2,3)13-17-14-16-9-12(10-19(14)18-13)11-7-5-4-6-8-11/h4-10H,1-3H3. The second-order valence-corrected chi connectivity index (χ2v) is 5.64. The fourth-order valence-corrected chi connectivity index (χ4v) is 1.88. The average molecular weight is 252 g/mol. The second kappa shape index (κ2) is 4.16. The van der Waals surface area contributed by atoms with Crippen molar-refractivity contribution < 1.29 is 0 Å². The molecule has 0 amide bonds. The van der Waals surface area contributed by atoms with Crippen LogP contribution in [0.25, 0.3) is 16.9 Å². The number of nitrogens with zero attached hydrogens (tertiary/aromatic N) is 4. The maximum Gasteiger partial charge on any atom is 0.252 e. The highest BCUT2D eigenvalue weighted by atomic mass is 15.3. The van der Waals surface area contributed by atoms with Crippen molar-refractivity contribution in [3.05, 3.63) is 48.5 Å². The molecule has 0 aliphatic heterocycles. The lowest BCUT2D eigenvalue weighted by Crippen LogP contribution is -2.13. The molecule has 0 aliphatic rings. The zero-order valence-corrected chi connectivity index (χ0v) is 11.3. The molecule has 0 radical (unpaired) electrons. The van der Waals surface area contributed by atoms with Gasteiger partial charge in [-0.25, -0.2) is 9.50 Å². The molecule has 0 spiro atoms. The molecule has 3 rings (SSSR count). The molecule has 0 atom stereocenters. The molecule has 4 heteroatoms. The third-order valence-corrected chi connectivity index (χ3v) is 2.97. The predicted molar refractivity (Wildman–Crippen MR) is 74.9 cm³/mol. The van der Waals surface area contributed by atoms with Gasteiger partial charge in [0.25, 0.3) is 5.78 Å². The number of aromatic nitrogens is 4. The minimum Gasteiger partial charge on any atom is -0.219 e. The van der Waals surface area contributed by atoms with Crippen molar-refractivity contribution in [2.75, 3.05) is 0 Å². The van der Waals surface area contributed by atoms with Gasteiger partial charge in [0.15, 0.2) is 5.82 Å². The van der Waals surface area contributed by atoms with Gasteiger partial charge >= 0.3 is 0 Å². The second-order valence-electron chi connectivity index (χ2n) is 5.64. The van der Waals surface area contributed by atoms with Crippen LogP contribution in [-0.2, 0) is 5.41 Å². The molecule has 1 aromatic carbocycles. The Morgan fingerprint density at radius 1 is 1.00 bits per heavy atom. The van der Waals surface area contributed by atoms with E-state index in [2.05, 4.69) is 48.0 Å². The highest BCUT2D eigenvalue weighted by molar-refractivity contribution is 5.62. The Labute approximate surface area is 112 Å². The Bertz CT molecular complexity index is 708. The Morgan fingerprint density at radius 2 is 1.74 bits per heavy atom. The van der Waals surface area contributed by atoms with Crippen molar-refractivity contribution in [3.8, 4) is 11.1 Å². The maximum absolute atomic E-state index is 4.51. The fraction of sp³-hybridized carbons (Fsp3) is 0.267. The molecule has 0 fully saturated rings. The molecule has 2 aromatic heterocycles. The van der Waals surface area contributed by atoms with Crippen molar-refractivity contribution in [1.29, 1.82) is 0 Å². The minimum atomic E-state index is -0.0688. The van der Waals surface area contributed by atoms with Gasteiger partial charge in [0.2, 0.25) is 0 Å². The summed E-state index contributed by atoms with van der Waals surface area (Å²) < 4.78 is 1.75. The summed E-state index contributed by atoms with van der Waals surface area (Å²) in [6.45, 7) is 6.29. The van der Waals surface area contributed by atoms with E-state index in [1.807, 2.05) is 30.6 Å². The Kier molecular flexibility index (Phi) is 2.59. The first kappa shape index (κ1) is 11.8. The zero-order valence-electron chi connectivity index (χ0n) is 11.3. The Balaban J connectivity index is 2.11. The number of rotatable bonds is 1. The van der Waals surface area contributed by atoms with Crippen LogP contribution in [0.5, 0.6) is 0 Å². The van der Waals surface area contributed by atoms with Crippen LogP contribution in [0.4, 0.5) is 0 Å². The normalized spacial score (nSPS) is 11.9. The molecule has 0 bridgehead atoms. The number of hydrogen-bond donors (Lipinski definition) is 0. The monoisotopic (exact) mass is 252 g/mol. The van der Waals surface area contributed by atoms with E-state index >= 15 is 0 Å². The van der Waals surface area contributed by atoms with E-state index < -0.39 is 0 Å². The summed E-state index contributed by atoms with van der Waals surface area (Å²) in [5, 5.41) is 4.51. The van der Waals surface area contributed by atoms with E-state index in [0.717, 1.165) is 17.0 Å². The van der Waals surface area contributed by atoms with Gasteiger partial charge in [-0.15, -0.1) is 5.10 Å². The number of benzene rings is 1. The molecule has 0 unspecified atom stereocenters. The van der Waals surface area contributed by atoms with Crippen LogP contribution < -0.4 is 0 Å². The van der Waals surface area contributed by atoms with Crippen molar-refractivity contribution in [2.24, 2.45) is 0 Å². The van der Waals surface area contributed by atoms with Gasteiger partial charge in [0.05, 0.1) is 0 Å². The predicted octanol–water partition coefficient (Wildman–Crippen LogP) is 3.09. The molecule has 0 N–H and O–H groups in total. The van der Waals surface area contributed by atoms with E-state index in [1.165, 1.54) is 0 Å². The first-order valence-electron chi connectivity index (χ1n) is 6.32. The lowest BCUT2D eigenvalue weighted by molar-refractivity contribution is 0.545. The average Bonchev–Trinajstić information content (AvgIpc) is 2.82. The van der Waals surface area contributed by atoms with Crippen molar-refractivity contribution >= 4 is 5.78 Å². The fourth-order valence-electron chi connectivity index (χ4n) is 1.88. The lowest BCUT2D eigenvalue weighted by Gasteiger charge is -2.11. The summed E-state index contributed by atoms with van der Waals surface area (Å²) in [5.41, 5.74) is 2.10. The van der Waals surface area contributed by atoms with Crippen molar-refractivity contribution in [3.63, 3.8) is 0 Å². The van der Waals surface area contributed by atoms with Gasteiger partial charge in [-0.3, -0.25) is 0 Å². The van der Waals surface area contributed by atoms with Crippen LogP contribution in [0.2, 0.25) is 0 Å². The molecule has 0 aliphatic carbocycles. The molecular weight excluding hydrogens is 236 g/mol. The van der Waals surface area contributed by atoms with Gasteiger partial charge < -0.3 is 0 Å². The van der Waals surface area contributed by atoms with Crippen LogP contribution in [0.3, 0.4) is 0 Å². The molecular formula is C15H16N4. The SMILES string of the molecule is CC(C)(C)c1nc2ncc(-c3ccccc3)cn2n1. The summed E-state index contributed by atoms with van der Waals surface area (Å²) >= 11 is 0. The van der Waals surface area contributed by atoms with E-state index in [9.17, 15) is 0 Å². The van der Waals surface area contributed by atoms with Crippen LogP contribution in [0.15, 0.2) is 42.7 Å². The molecule has 3 aromatic rings. The van der Waals surface area contributed by atoms with E-state index in [-0.39, 0.29) is 5.41 Å². The zero-order chi connectivity index (χ0) is 13.5. The van der Waals surface area contributed by atoms with E-state index in [1.54, 1.807) is 4.52 Å². The van der Waals surface area contributed by atoms with E-state index in [4.69, 9.17) is 0 Å². The smallest absolute Gasteiger partial charge is 0.219 e.